The average molecular weight is 500 g/mol. The number of pyridine rings is 1. The number of hydrazine groups is 1. The average Bonchev–Trinajstić information content (AvgIpc) is 3.52. The van der Waals surface area contributed by atoms with Crippen LogP contribution in [0.4, 0.5) is 15.8 Å². The molecule has 5 rings (SSSR count). The molecule has 0 bridgehead atoms. The Bertz CT molecular complexity index is 1180. The Hall–Kier alpha value is -3.37. The summed E-state index contributed by atoms with van der Waals surface area (Å²) in [5.74, 6) is 1.28. The van der Waals surface area contributed by atoms with Gasteiger partial charge in [-0.15, -0.1) is 0 Å². The molecule has 0 spiro atoms. The van der Waals surface area contributed by atoms with Crippen LogP contribution in [0.15, 0.2) is 49.1 Å². The molecule has 1 amide bonds. The second-order valence-electron chi connectivity index (χ2n) is 8.59. The van der Waals surface area contributed by atoms with Gasteiger partial charge in [-0.05, 0) is 25.1 Å². The summed E-state index contributed by atoms with van der Waals surface area (Å²) in [6.07, 6.45) is 7.00. The highest BCUT2D eigenvalue weighted by molar-refractivity contribution is 6.32. The summed E-state index contributed by atoms with van der Waals surface area (Å²) in [5.41, 5.74) is 6.22. The van der Waals surface area contributed by atoms with Crippen molar-refractivity contribution in [2.24, 2.45) is 0 Å². The summed E-state index contributed by atoms with van der Waals surface area (Å²) in [7, 11) is 0. The number of rotatable bonds is 7. The predicted molar refractivity (Wildman–Crippen MR) is 131 cm³/mol. The number of aromatic nitrogens is 3. The summed E-state index contributed by atoms with van der Waals surface area (Å²) in [4.78, 5) is 29.2. The van der Waals surface area contributed by atoms with E-state index in [1.165, 1.54) is 0 Å². The van der Waals surface area contributed by atoms with E-state index >= 15 is 0 Å². The molecule has 3 aromatic rings. The van der Waals surface area contributed by atoms with Crippen LogP contribution in [0, 0.1) is 0 Å². The number of imidazole rings is 1. The van der Waals surface area contributed by atoms with E-state index in [9.17, 15) is 9.18 Å². The topological polar surface area (TPSA) is 89.6 Å². The van der Waals surface area contributed by atoms with Gasteiger partial charge in [0.15, 0.2) is 0 Å². The van der Waals surface area contributed by atoms with Crippen LogP contribution in [-0.4, -0.2) is 71.3 Å². The van der Waals surface area contributed by atoms with Crippen molar-refractivity contribution in [2.45, 2.75) is 19.0 Å². The molecule has 11 heteroatoms. The first-order chi connectivity index (χ1) is 17.0. The zero-order valence-corrected chi connectivity index (χ0v) is 20.1. The summed E-state index contributed by atoms with van der Waals surface area (Å²) in [6.45, 7) is 3.52. The molecule has 1 saturated heterocycles. The van der Waals surface area contributed by atoms with Gasteiger partial charge in [-0.3, -0.25) is 14.8 Å². The minimum Gasteiger partial charge on any atom is -0.489 e. The smallest absolute Gasteiger partial charge is 0.244 e. The lowest BCUT2D eigenvalue weighted by Crippen LogP contribution is -2.56. The van der Waals surface area contributed by atoms with Gasteiger partial charge in [0.1, 0.15) is 37.4 Å². The number of ether oxygens (including phenoxy) is 1. The van der Waals surface area contributed by atoms with Gasteiger partial charge in [0, 0.05) is 61.6 Å². The Labute approximate surface area is 207 Å². The van der Waals surface area contributed by atoms with Crippen LogP contribution in [0.3, 0.4) is 0 Å². The molecule has 9 nitrogen and oxygen atoms in total. The molecule has 0 aliphatic carbocycles. The Morgan fingerprint density at radius 1 is 1.29 bits per heavy atom. The number of halogens is 2. The van der Waals surface area contributed by atoms with Gasteiger partial charge in [0.2, 0.25) is 5.91 Å². The highest BCUT2D eigenvalue weighted by atomic mass is 35.5. The number of amides is 1. The molecule has 1 fully saturated rings. The lowest BCUT2D eigenvalue weighted by molar-refractivity contribution is -0.132. The Balaban J connectivity index is 1.24. The number of aromatic amines is 1. The molecule has 35 heavy (non-hydrogen) atoms. The maximum atomic E-state index is 13.3. The maximum absolute atomic E-state index is 13.3. The zero-order valence-electron chi connectivity index (χ0n) is 19.3. The molecule has 184 valence electrons. The van der Waals surface area contributed by atoms with Crippen LogP contribution in [0.25, 0.3) is 0 Å². The third-order valence-corrected chi connectivity index (χ3v) is 6.68. The standard InChI is InChI=1S/C24H27ClFN7O2/c1-16-14-31(17-2-3-19(25)21(12-17)35-11-5-26)9-10-32(16)22(34)15-33-20-13-27-6-4-18(20)23(30-33)24-28-7-8-29-24/h2-4,6-8,12-13,16,23,30H,5,9-11,14-15H2,1H3,(H,28,29)/t16-,23?/m0/s1. The van der Waals surface area contributed by atoms with Gasteiger partial charge >= 0.3 is 0 Å². The second kappa shape index (κ2) is 10.1. The monoisotopic (exact) mass is 499 g/mol. The van der Waals surface area contributed by atoms with Crippen molar-refractivity contribution in [1.82, 2.24) is 25.3 Å². The van der Waals surface area contributed by atoms with Crippen molar-refractivity contribution in [3.63, 3.8) is 0 Å². The van der Waals surface area contributed by atoms with Crippen LogP contribution < -0.4 is 20.1 Å². The third kappa shape index (κ3) is 4.76. The highest BCUT2D eigenvalue weighted by Crippen LogP contribution is 2.35. The first-order valence-electron chi connectivity index (χ1n) is 11.5. The van der Waals surface area contributed by atoms with Gasteiger partial charge in [0.05, 0.1) is 16.9 Å². The number of carbonyl (C=O) groups excluding carboxylic acids is 1. The van der Waals surface area contributed by atoms with Crippen LogP contribution in [0.5, 0.6) is 5.75 Å². The fraction of sp³-hybridized carbons (Fsp3) is 0.375. The molecule has 0 saturated carbocycles. The van der Waals surface area contributed by atoms with E-state index < -0.39 is 6.67 Å². The van der Waals surface area contributed by atoms with E-state index in [0.29, 0.717) is 30.4 Å². The highest BCUT2D eigenvalue weighted by Gasteiger charge is 2.34. The molecular formula is C24H27ClFN7O2. The molecule has 2 atom stereocenters. The number of hydrogen-bond acceptors (Lipinski definition) is 7. The number of alkyl halides is 1. The Morgan fingerprint density at radius 2 is 2.17 bits per heavy atom. The first kappa shape index (κ1) is 23.4. The Kier molecular flexibility index (Phi) is 6.74. The number of carbonyl (C=O) groups is 1. The molecule has 2 aliphatic rings. The molecule has 4 heterocycles. The maximum Gasteiger partial charge on any atom is 0.244 e. The van der Waals surface area contributed by atoms with E-state index in [4.69, 9.17) is 16.3 Å². The number of H-pyrrole nitrogens is 1. The molecule has 2 N–H and O–H groups in total. The summed E-state index contributed by atoms with van der Waals surface area (Å²) in [6, 6.07) is 7.28. The Morgan fingerprint density at radius 3 is 2.94 bits per heavy atom. The van der Waals surface area contributed by atoms with E-state index in [-0.39, 0.29) is 31.1 Å². The largest absolute Gasteiger partial charge is 0.489 e. The molecule has 2 aromatic heterocycles. The molecular weight excluding hydrogens is 473 g/mol. The normalized spacial score (nSPS) is 19.7. The molecule has 1 unspecified atom stereocenters. The number of fused-ring (bicyclic) bond motifs is 1. The van der Waals surface area contributed by atoms with Gasteiger partial charge in [0.25, 0.3) is 0 Å². The molecule has 1 aromatic carbocycles. The van der Waals surface area contributed by atoms with Crippen molar-refractivity contribution >= 4 is 28.9 Å². The first-order valence-corrected chi connectivity index (χ1v) is 11.9. The van der Waals surface area contributed by atoms with E-state index in [0.717, 1.165) is 22.8 Å². The van der Waals surface area contributed by atoms with Crippen molar-refractivity contribution < 1.29 is 13.9 Å². The quantitative estimate of drug-likeness (QED) is 0.516. The number of benzene rings is 1. The second-order valence-corrected chi connectivity index (χ2v) is 9.00. The summed E-state index contributed by atoms with van der Waals surface area (Å²) >= 11 is 6.18. The van der Waals surface area contributed by atoms with Gasteiger partial charge in [-0.25, -0.2) is 14.8 Å². The lowest BCUT2D eigenvalue weighted by Gasteiger charge is -2.41. The fourth-order valence-electron chi connectivity index (χ4n) is 4.67. The summed E-state index contributed by atoms with van der Waals surface area (Å²) in [5, 5.41) is 2.30. The molecule has 0 radical (unpaired) electrons. The van der Waals surface area contributed by atoms with Crippen molar-refractivity contribution in [3.8, 4) is 5.75 Å². The van der Waals surface area contributed by atoms with Crippen molar-refractivity contribution in [3.05, 3.63) is 65.5 Å². The zero-order chi connectivity index (χ0) is 24.4. The number of nitrogens with one attached hydrogen (secondary N) is 2. The molecule has 2 aliphatic heterocycles. The SMILES string of the molecule is C[C@H]1CN(c2ccc(Cl)c(OCCF)c2)CCN1C(=O)CN1NC(c2ncc[nH]2)c2ccncc21. The van der Waals surface area contributed by atoms with Crippen LogP contribution in [-0.2, 0) is 4.79 Å². The van der Waals surface area contributed by atoms with Crippen LogP contribution >= 0.6 is 11.6 Å². The van der Waals surface area contributed by atoms with Crippen LogP contribution in [0.2, 0.25) is 5.02 Å². The van der Waals surface area contributed by atoms with E-state index in [1.807, 2.05) is 35.0 Å². The predicted octanol–water partition coefficient (Wildman–Crippen LogP) is 2.96. The fourth-order valence-corrected chi connectivity index (χ4v) is 4.84. The third-order valence-electron chi connectivity index (χ3n) is 6.37. The lowest BCUT2D eigenvalue weighted by atomic mass is 10.1. The van der Waals surface area contributed by atoms with Gasteiger partial charge in [-0.2, -0.15) is 0 Å². The van der Waals surface area contributed by atoms with Gasteiger partial charge in [-0.1, -0.05) is 11.6 Å². The van der Waals surface area contributed by atoms with Crippen molar-refractivity contribution in [1.29, 1.82) is 0 Å². The number of hydrogen-bond donors (Lipinski definition) is 2. The minimum absolute atomic E-state index is 0.000944. The number of piperazine rings is 1. The minimum atomic E-state index is -0.576. The van der Waals surface area contributed by atoms with E-state index in [2.05, 4.69) is 25.3 Å². The number of nitrogens with zero attached hydrogens (tertiary/aromatic N) is 5. The van der Waals surface area contributed by atoms with E-state index in [1.54, 1.807) is 30.9 Å². The van der Waals surface area contributed by atoms with Crippen molar-refractivity contribution in [2.75, 3.05) is 49.4 Å². The van der Waals surface area contributed by atoms with Crippen LogP contribution in [0.1, 0.15) is 24.4 Å². The van der Waals surface area contributed by atoms with Gasteiger partial charge < -0.3 is 19.5 Å². The summed E-state index contributed by atoms with van der Waals surface area (Å²) < 4.78 is 17.9. The number of anilines is 2.